The Morgan fingerprint density at radius 3 is 2.25 bits per heavy atom. The van der Waals surface area contributed by atoms with Gasteiger partial charge < -0.3 is 0 Å². The van der Waals surface area contributed by atoms with Gasteiger partial charge in [0, 0.05) is 0 Å². The minimum absolute atomic E-state index is 0.0337. The zero-order valence-electron chi connectivity index (χ0n) is 4.23. The van der Waals surface area contributed by atoms with Gasteiger partial charge in [0.25, 0.3) is 0 Å². The Balaban J connectivity index is 2.44. The summed E-state index contributed by atoms with van der Waals surface area (Å²) in [5.74, 6) is -2.41. The molecule has 0 aromatic heterocycles. The van der Waals surface area contributed by atoms with Gasteiger partial charge in [0.1, 0.15) is 0 Å². The molecule has 1 nitrogen and oxygen atoms in total. The molecule has 0 spiro atoms. The van der Waals surface area contributed by atoms with Gasteiger partial charge in [0.05, 0.1) is 0 Å². The molecule has 1 aliphatic heterocycles. The van der Waals surface area contributed by atoms with Gasteiger partial charge in [-0.2, -0.15) is 0 Å². The van der Waals surface area contributed by atoms with Crippen molar-refractivity contribution in [2.75, 3.05) is 13.1 Å². The van der Waals surface area contributed by atoms with Gasteiger partial charge in [-0.1, -0.05) is 0 Å². The van der Waals surface area contributed by atoms with E-state index in [1.165, 1.54) is 0 Å². The zero-order valence-corrected chi connectivity index (χ0v) is 6.56. The Morgan fingerprint density at radius 1 is 1.50 bits per heavy atom. The second kappa shape index (κ2) is 2.09. The molecule has 1 heterocycles. The molecule has 0 aliphatic carbocycles. The maximum atomic E-state index is 12.2. The summed E-state index contributed by atoms with van der Waals surface area (Å²) in [7, 11) is 0. The van der Waals surface area contributed by atoms with E-state index in [9.17, 15) is 8.78 Å². The first-order valence-electron chi connectivity index (χ1n) is 2.40. The summed E-state index contributed by atoms with van der Waals surface area (Å²) in [6.07, 6.45) is 0.0337. The Bertz CT molecular complexity index is 96.0. The number of halogens is 2. The van der Waals surface area contributed by atoms with Gasteiger partial charge in [0.15, 0.2) is 0 Å². The van der Waals surface area contributed by atoms with Crippen LogP contribution in [-0.4, -0.2) is 44.7 Å². The molecule has 1 radical (unpaired) electrons. The van der Waals surface area contributed by atoms with Crippen molar-refractivity contribution in [3.8, 4) is 0 Å². The third-order valence-corrected chi connectivity index (χ3v) is 2.02. The normalized spacial score (nSPS) is 28.9. The van der Waals surface area contributed by atoms with Gasteiger partial charge in [-0.05, 0) is 0 Å². The minimum atomic E-state index is -2.41. The average molecular weight is 234 g/mol. The molecule has 0 aromatic rings. The predicted octanol–water partition coefficient (Wildman–Crippen LogP) is 0.411. The number of rotatable bonds is 0. The van der Waals surface area contributed by atoms with E-state index in [2.05, 4.69) is 0 Å². The van der Waals surface area contributed by atoms with Crippen molar-refractivity contribution in [2.24, 2.45) is 0 Å². The summed E-state index contributed by atoms with van der Waals surface area (Å²) in [6.45, 7) is 0.481. The summed E-state index contributed by atoms with van der Waals surface area (Å²) in [5, 5.41) is 0. The molecule has 0 saturated carbocycles. The third kappa shape index (κ3) is 1.54. The average Bonchev–Trinajstić information content (AvgIpc) is 1.82. The van der Waals surface area contributed by atoms with Crippen LogP contribution >= 0.6 is 0 Å². The molecule has 4 heteroatoms. The summed E-state index contributed by atoms with van der Waals surface area (Å²) in [6, 6.07) is 0. The standard InChI is InChI=1S/C4H6F2NTe/c5-4(6)1-2-7(8)3-4/h1-3H2. The first-order valence-corrected chi connectivity index (χ1v) is 3.44. The van der Waals surface area contributed by atoms with Crippen molar-refractivity contribution in [1.29, 1.82) is 0 Å². The predicted molar refractivity (Wildman–Crippen MR) is 26.9 cm³/mol. The van der Waals surface area contributed by atoms with Crippen LogP contribution in [0.2, 0.25) is 0 Å². The van der Waals surface area contributed by atoms with Crippen molar-refractivity contribution in [2.45, 2.75) is 12.3 Å². The Kier molecular flexibility index (Phi) is 1.76. The van der Waals surface area contributed by atoms with Gasteiger partial charge >= 0.3 is 59.9 Å². The summed E-state index contributed by atoms with van der Waals surface area (Å²) < 4.78 is 26.0. The molecule has 0 aromatic carbocycles. The van der Waals surface area contributed by atoms with Gasteiger partial charge in [-0.25, -0.2) is 0 Å². The molecular formula is C4H6F2NTe. The topological polar surface area (TPSA) is 3.24 Å². The van der Waals surface area contributed by atoms with Crippen LogP contribution < -0.4 is 0 Å². The quantitative estimate of drug-likeness (QED) is 0.548. The van der Waals surface area contributed by atoms with Crippen LogP contribution in [0.4, 0.5) is 8.78 Å². The maximum absolute atomic E-state index is 12.2. The molecule has 1 rings (SSSR count). The van der Waals surface area contributed by atoms with Crippen LogP contribution in [0.15, 0.2) is 0 Å². The van der Waals surface area contributed by atoms with E-state index in [0.717, 1.165) is 0 Å². The fourth-order valence-electron chi connectivity index (χ4n) is 0.704. The summed E-state index contributed by atoms with van der Waals surface area (Å²) in [4.78, 5) is 0. The molecule has 1 aliphatic rings. The van der Waals surface area contributed by atoms with E-state index < -0.39 is 5.92 Å². The van der Waals surface area contributed by atoms with Crippen molar-refractivity contribution in [3.63, 3.8) is 0 Å². The molecular weight excluding hydrogens is 228 g/mol. The fourth-order valence-corrected chi connectivity index (χ4v) is 1.50. The first-order chi connectivity index (χ1) is 3.60. The van der Waals surface area contributed by atoms with Crippen molar-refractivity contribution < 1.29 is 8.78 Å². The van der Waals surface area contributed by atoms with Crippen molar-refractivity contribution in [1.82, 2.24) is 3.15 Å². The van der Waals surface area contributed by atoms with Crippen LogP contribution in [-0.2, 0) is 0 Å². The Labute approximate surface area is 60.3 Å². The van der Waals surface area contributed by atoms with Crippen LogP contribution in [0.25, 0.3) is 0 Å². The van der Waals surface area contributed by atoms with E-state index >= 15 is 0 Å². The molecule has 0 atom stereocenters. The Hall–Kier alpha value is 0.610. The van der Waals surface area contributed by atoms with E-state index in [1.807, 2.05) is 0 Å². The van der Waals surface area contributed by atoms with Crippen LogP contribution in [0.3, 0.4) is 0 Å². The monoisotopic (exact) mass is 236 g/mol. The van der Waals surface area contributed by atoms with E-state index in [0.29, 0.717) is 6.54 Å². The molecule has 1 saturated heterocycles. The number of alkyl halides is 2. The second-order valence-electron chi connectivity index (χ2n) is 1.97. The van der Waals surface area contributed by atoms with Gasteiger partial charge in [-0.3, -0.25) is 0 Å². The van der Waals surface area contributed by atoms with E-state index in [1.54, 1.807) is 25.7 Å². The molecule has 47 valence electrons. The summed E-state index contributed by atoms with van der Waals surface area (Å²) in [5.41, 5.74) is 0. The molecule has 1 fully saturated rings. The number of hydrogen-bond donors (Lipinski definition) is 0. The molecule has 0 bridgehead atoms. The SMILES string of the molecule is FC1(F)CCN([Te])C1. The van der Waals surface area contributed by atoms with Crippen LogP contribution in [0, 0.1) is 0 Å². The molecule has 0 N–H and O–H groups in total. The fraction of sp³-hybridized carbons (Fsp3) is 1.00. The molecule has 8 heavy (non-hydrogen) atoms. The summed E-state index contributed by atoms with van der Waals surface area (Å²) >= 11 is 1.64. The van der Waals surface area contributed by atoms with Crippen LogP contribution in [0.5, 0.6) is 0 Å². The van der Waals surface area contributed by atoms with Crippen LogP contribution in [0.1, 0.15) is 6.42 Å². The number of hydrogen-bond acceptors (Lipinski definition) is 1. The van der Waals surface area contributed by atoms with Gasteiger partial charge in [0.2, 0.25) is 0 Å². The number of nitrogens with zero attached hydrogens (tertiary/aromatic N) is 1. The van der Waals surface area contributed by atoms with E-state index in [-0.39, 0.29) is 13.0 Å². The van der Waals surface area contributed by atoms with E-state index in [4.69, 9.17) is 0 Å². The Morgan fingerprint density at radius 2 is 2.12 bits per heavy atom. The third-order valence-electron chi connectivity index (χ3n) is 1.13. The molecule has 0 unspecified atom stereocenters. The first kappa shape index (κ1) is 6.73. The van der Waals surface area contributed by atoms with Gasteiger partial charge in [-0.15, -0.1) is 0 Å². The molecule has 0 amide bonds. The zero-order chi connectivity index (χ0) is 6.20. The van der Waals surface area contributed by atoms with Crippen molar-refractivity contribution in [3.05, 3.63) is 0 Å². The van der Waals surface area contributed by atoms with Crippen molar-refractivity contribution >= 4 is 22.6 Å². The second-order valence-corrected chi connectivity index (χ2v) is 3.44.